The van der Waals surface area contributed by atoms with Crippen molar-refractivity contribution in [3.8, 4) is 0 Å². The number of hydrogen-bond donors (Lipinski definition) is 0. The van der Waals surface area contributed by atoms with E-state index in [1.165, 1.54) is 58.5 Å². The molecule has 0 aromatic rings. The summed E-state index contributed by atoms with van der Waals surface area (Å²) in [6.07, 6.45) is 3.72. The van der Waals surface area contributed by atoms with Gasteiger partial charge in [0.25, 0.3) is 0 Å². The van der Waals surface area contributed by atoms with Crippen LogP contribution in [0.2, 0.25) is 0 Å². The van der Waals surface area contributed by atoms with Gasteiger partial charge in [0.15, 0.2) is 0 Å². The molecule has 0 atom stereocenters. The summed E-state index contributed by atoms with van der Waals surface area (Å²) in [4.78, 5) is 30.3. The summed E-state index contributed by atoms with van der Waals surface area (Å²) < 4.78 is 0. The van der Waals surface area contributed by atoms with Crippen LogP contribution in [0.25, 0.3) is 0 Å². The Morgan fingerprint density at radius 1 is 0.256 bits per heavy atom. The van der Waals surface area contributed by atoms with Gasteiger partial charge in [-0.15, -0.1) is 0 Å². The van der Waals surface area contributed by atoms with Crippen LogP contribution in [-0.4, -0.2) is 220 Å². The zero-order chi connectivity index (χ0) is 27.8. The van der Waals surface area contributed by atoms with E-state index in [1.54, 1.807) is 0 Å². The standard InChI is InChI=1S/C27H60N12/c1-28-16-29(2)20-34(19-28)10-7-13-37-25-38(14-8-11-35-21-30(3)17-31(4)22-35)27-39(26-37)15-9-12-36-23-32(5)18-33(6)24-36/h7-27H2,1-6H3. The van der Waals surface area contributed by atoms with Crippen molar-refractivity contribution in [1.29, 1.82) is 0 Å². The maximum atomic E-state index is 2.70. The van der Waals surface area contributed by atoms with Crippen LogP contribution in [0.5, 0.6) is 0 Å². The fourth-order valence-corrected chi connectivity index (χ4v) is 7.07. The fourth-order valence-electron chi connectivity index (χ4n) is 7.07. The van der Waals surface area contributed by atoms with Crippen LogP contribution in [0.1, 0.15) is 19.3 Å². The molecule has 4 aliphatic rings. The molecule has 4 heterocycles. The van der Waals surface area contributed by atoms with Gasteiger partial charge in [0, 0.05) is 39.3 Å². The molecular formula is C27H60N12. The highest BCUT2D eigenvalue weighted by atomic mass is 15.5. The first-order valence-corrected chi connectivity index (χ1v) is 15.2. The Hall–Kier alpha value is -0.480. The van der Waals surface area contributed by atoms with Gasteiger partial charge in [-0.3, -0.25) is 58.8 Å². The van der Waals surface area contributed by atoms with Crippen LogP contribution >= 0.6 is 0 Å². The molecule has 0 radical (unpaired) electrons. The topological polar surface area (TPSA) is 38.9 Å². The zero-order valence-electron chi connectivity index (χ0n) is 26.2. The smallest absolute Gasteiger partial charge is 0.0530 e. The Bertz CT molecular complexity index is 573. The summed E-state index contributed by atoms with van der Waals surface area (Å²) in [7, 11) is 13.4. The Balaban J connectivity index is 1.23. The first-order chi connectivity index (χ1) is 18.7. The third-order valence-electron chi connectivity index (χ3n) is 8.14. The lowest BCUT2D eigenvalue weighted by Crippen LogP contribution is -2.57. The van der Waals surface area contributed by atoms with Crippen LogP contribution in [-0.2, 0) is 0 Å². The van der Waals surface area contributed by atoms with Crippen molar-refractivity contribution in [3.05, 3.63) is 0 Å². The lowest BCUT2D eigenvalue weighted by molar-refractivity contribution is -0.0436. The predicted octanol–water partition coefficient (Wildman–Crippen LogP) is -0.896. The van der Waals surface area contributed by atoms with Gasteiger partial charge in [-0.2, -0.15) is 0 Å². The van der Waals surface area contributed by atoms with Crippen LogP contribution in [0.4, 0.5) is 0 Å². The van der Waals surface area contributed by atoms with Gasteiger partial charge >= 0.3 is 0 Å². The van der Waals surface area contributed by atoms with Crippen molar-refractivity contribution in [3.63, 3.8) is 0 Å². The van der Waals surface area contributed by atoms with Gasteiger partial charge in [-0.25, -0.2) is 0 Å². The summed E-state index contributed by atoms with van der Waals surface area (Å²) in [6.45, 7) is 20.1. The molecule has 12 nitrogen and oxygen atoms in total. The summed E-state index contributed by atoms with van der Waals surface area (Å²) in [6, 6.07) is 0. The lowest BCUT2D eigenvalue weighted by atomic mass is 10.3. The highest BCUT2D eigenvalue weighted by Gasteiger charge is 2.25. The van der Waals surface area contributed by atoms with Gasteiger partial charge in [-0.1, -0.05) is 0 Å². The van der Waals surface area contributed by atoms with E-state index < -0.39 is 0 Å². The van der Waals surface area contributed by atoms with Gasteiger partial charge in [0.1, 0.15) is 0 Å². The molecule has 228 valence electrons. The Kier molecular flexibility index (Phi) is 12.6. The molecule has 4 rings (SSSR count). The maximum absolute atomic E-state index is 2.70. The minimum absolute atomic E-state index is 1.07. The molecule has 0 N–H and O–H groups in total. The Labute approximate surface area is 239 Å². The van der Waals surface area contributed by atoms with Crippen LogP contribution in [0, 0.1) is 0 Å². The second-order valence-electron chi connectivity index (χ2n) is 13.3. The summed E-state index contributed by atoms with van der Waals surface area (Å²) in [5.74, 6) is 0. The summed E-state index contributed by atoms with van der Waals surface area (Å²) in [5.41, 5.74) is 0. The van der Waals surface area contributed by atoms with Crippen molar-refractivity contribution in [2.24, 2.45) is 0 Å². The van der Waals surface area contributed by atoms with E-state index in [4.69, 9.17) is 0 Å². The van der Waals surface area contributed by atoms with Crippen LogP contribution in [0.15, 0.2) is 0 Å². The highest BCUT2D eigenvalue weighted by Crippen LogP contribution is 2.13. The fraction of sp³-hybridized carbons (Fsp3) is 1.00. The predicted molar refractivity (Wildman–Crippen MR) is 159 cm³/mol. The van der Waals surface area contributed by atoms with Crippen LogP contribution < -0.4 is 0 Å². The third kappa shape index (κ3) is 11.0. The normalized spacial score (nSPS) is 27.2. The van der Waals surface area contributed by atoms with E-state index in [0.717, 1.165) is 80.0 Å². The molecule has 0 unspecified atom stereocenters. The molecule has 39 heavy (non-hydrogen) atoms. The molecule has 0 aromatic carbocycles. The van der Waals surface area contributed by atoms with Crippen molar-refractivity contribution in [2.45, 2.75) is 19.3 Å². The van der Waals surface area contributed by atoms with Crippen LogP contribution in [0.3, 0.4) is 0 Å². The lowest BCUT2D eigenvalue weighted by Gasteiger charge is -2.44. The summed E-state index contributed by atoms with van der Waals surface area (Å²) >= 11 is 0. The largest absolute Gasteiger partial charge is 0.280 e. The maximum Gasteiger partial charge on any atom is 0.0530 e. The average molecular weight is 553 g/mol. The second kappa shape index (κ2) is 15.7. The minimum atomic E-state index is 1.07. The van der Waals surface area contributed by atoms with E-state index in [9.17, 15) is 0 Å². The second-order valence-corrected chi connectivity index (χ2v) is 13.3. The van der Waals surface area contributed by atoms with Gasteiger partial charge in [0.2, 0.25) is 0 Å². The molecule has 0 aromatic heterocycles. The molecule has 4 saturated heterocycles. The SMILES string of the molecule is CN1CN(C)CN(CCCN2CN(CCCN3CN(C)CN(C)C3)CN(CCCN3CN(C)CN(C)C3)C2)C1. The number of nitrogens with zero attached hydrogens (tertiary/aromatic N) is 12. The van der Waals surface area contributed by atoms with E-state index in [-0.39, 0.29) is 0 Å². The van der Waals surface area contributed by atoms with Gasteiger partial charge in [0.05, 0.1) is 80.0 Å². The van der Waals surface area contributed by atoms with Crippen molar-refractivity contribution >= 4 is 0 Å². The zero-order valence-corrected chi connectivity index (χ0v) is 26.2. The van der Waals surface area contributed by atoms with E-state index >= 15 is 0 Å². The molecule has 0 spiro atoms. The highest BCUT2D eigenvalue weighted by molar-refractivity contribution is 4.74. The first-order valence-electron chi connectivity index (χ1n) is 15.2. The minimum Gasteiger partial charge on any atom is -0.280 e. The summed E-state index contributed by atoms with van der Waals surface area (Å²) in [5, 5.41) is 0. The molecule has 0 bridgehead atoms. The molecule has 12 heteroatoms. The quantitative estimate of drug-likeness (QED) is 0.301. The Morgan fingerprint density at radius 3 is 0.641 bits per heavy atom. The van der Waals surface area contributed by atoms with Crippen molar-refractivity contribution in [2.75, 3.05) is 162 Å². The molecule has 4 fully saturated rings. The third-order valence-corrected chi connectivity index (χ3v) is 8.14. The van der Waals surface area contributed by atoms with Gasteiger partial charge < -0.3 is 0 Å². The monoisotopic (exact) mass is 553 g/mol. The van der Waals surface area contributed by atoms with Gasteiger partial charge in [-0.05, 0) is 61.5 Å². The number of rotatable bonds is 12. The molecule has 4 aliphatic heterocycles. The molecule has 0 saturated carbocycles. The average Bonchev–Trinajstić information content (AvgIpc) is 2.82. The molecule has 0 amide bonds. The first kappa shape index (κ1) is 31.5. The number of hydrogen-bond acceptors (Lipinski definition) is 12. The van der Waals surface area contributed by atoms with Crippen molar-refractivity contribution in [1.82, 2.24) is 58.8 Å². The molecule has 0 aliphatic carbocycles. The Morgan fingerprint density at radius 2 is 0.436 bits per heavy atom. The van der Waals surface area contributed by atoms with Crippen molar-refractivity contribution < 1.29 is 0 Å². The van der Waals surface area contributed by atoms with E-state index in [1.807, 2.05) is 0 Å². The van der Waals surface area contributed by atoms with E-state index in [0.29, 0.717) is 0 Å². The van der Waals surface area contributed by atoms with E-state index in [2.05, 4.69) is 101 Å². The molecular weight excluding hydrogens is 492 g/mol.